The molecule has 2 aliphatic rings. The third-order valence-corrected chi connectivity index (χ3v) is 6.36. The molecule has 1 amide bonds. The SMILES string of the molecule is CC[C@H]1CC(=O)C[C@@H](c2cccc(Cl)c2)[C@]12C(=O)Nc1cc(Cl)ccc12. The van der Waals surface area contributed by atoms with Crippen LogP contribution in [0, 0.1) is 5.92 Å². The summed E-state index contributed by atoms with van der Waals surface area (Å²) in [5, 5.41) is 4.22. The van der Waals surface area contributed by atoms with Crippen molar-refractivity contribution in [3.8, 4) is 0 Å². The average Bonchev–Trinajstić information content (AvgIpc) is 2.88. The van der Waals surface area contributed by atoms with Gasteiger partial charge in [0.15, 0.2) is 0 Å². The normalized spacial score (nSPS) is 27.5. The van der Waals surface area contributed by atoms with Crippen LogP contribution in [0.2, 0.25) is 10.0 Å². The van der Waals surface area contributed by atoms with Crippen LogP contribution in [0.5, 0.6) is 0 Å². The Balaban J connectivity index is 1.97. The molecule has 0 saturated heterocycles. The molecule has 26 heavy (non-hydrogen) atoms. The molecule has 0 unspecified atom stereocenters. The van der Waals surface area contributed by atoms with Gasteiger partial charge in [-0.2, -0.15) is 0 Å². The van der Waals surface area contributed by atoms with E-state index in [0.29, 0.717) is 22.9 Å². The molecular weight excluding hydrogens is 369 g/mol. The molecule has 2 aromatic carbocycles. The fraction of sp³-hybridized carbons (Fsp3) is 0.333. The number of hydrogen-bond acceptors (Lipinski definition) is 2. The van der Waals surface area contributed by atoms with Gasteiger partial charge < -0.3 is 5.32 Å². The number of hydrogen-bond donors (Lipinski definition) is 1. The third kappa shape index (κ3) is 2.49. The lowest BCUT2D eigenvalue weighted by Gasteiger charge is -2.45. The summed E-state index contributed by atoms with van der Waals surface area (Å²) in [6, 6.07) is 13.1. The Hall–Kier alpha value is -1.84. The molecule has 1 spiro atoms. The maximum Gasteiger partial charge on any atom is 0.236 e. The van der Waals surface area contributed by atoms with Gasteiger partial charge in [0.2, 0.25) is 5.91 Å². The van der Waals surface area contributed by atoms with E-state index < -0.39 is 5.41 Å². The first-order chi connectivity index (χ1) is 12.5. The number of fused-ring (bicyclic) bond motifs is 2. The van der Waals surface area contributed by atoms with Gasteiger partial charge in [-0.3, -0.25) is 9.59 Å². The summed E-state index contributed by atoms with van der Waals surface area (Å²) in [5.74, 6) is -0.147. The van der Waals surface area contributed by atoms with Crippen molar-refractivity contribution in [1.29, 1.82) is 0 Å². The van der Waals surface area contributed by atoms with E-state index in [1.54, 1.807) is 6.07 Å². The lowest BCUT2D eigenvalue weighted by molar-refractivity contribution is -0.131. The quantitative estimate of drug-likeness (QED) is 0.753. The standard InChI is InChI=1S/C21H19Cl2NO2/c1-2-13-9-16(25)11-18(12-4-3-5-14(22)8-12)21(13)17-7-6-15(23)10-19(17)24-20(21)26/h3-8,10,13,18H,2,9,11H2,1H3,(H,24,26)/t13-,18-,21-/m0/s1. The molecule has 1 fully saturated rings. The number of nitrogens with one attached hydrogen (secondary N) is 1. The number of rotatable bonds is 2. The van der Waals surface area contributed by atoms with Crippen molar-refractivity contribution in [3.63, 3.8) is 0 Å². The van der Waals surface area contributed by atoms with Gasteiger partial charge in [-0.1, -0.05) is 54.7 Å². The highest BCUT2D eigenvalue weighted by Crippen LogP contribution is 2.57. The third-order valence-electron chi connectivity index (χ3n) is 5.89. The van der Waals surface area contributed by atoms with Crippen molar-refractivity contribution in [3.05, 3.63) is 63.6 Å². The second kappa shape index (κ2) is 6.40. The minimum atomic E-state index is -0.771. The molecule has 2 aromatic rings. The van der Waals surface area contributed by atoms with E-state index >= 15 is 0 Å². The summed E-state index contributed by atoms with van der Waals surface area (Å²) in [6.45, 7) is 2.04. The first kappa shape index (κ1) is 17.6. The topological polar surface area (TPSA) is 46.2 Å². The van der Waals surface area contributed by atoms with E-state index in [9.17, 15) is 9.59 Å². The average molecular weight is 388 g/mol. The molecule has 5 heteroatoms. The van der Waals surface area contributed by atoms with Gasteiger partial charge in [-0.15, -0.1) is 0 Å². The highest BCUT2D eigenvalue weighted by molar-refractivity contribution is 6.31. The van der Waals surface area contributed by atoms with Crippen molar-refractivity contribution in [2.45, 2.75) is 37.5 Å². The number of amides is 1. The van der Waals surface area contributed by atoms with Crippen LogP contribution < -0.4 is 5.32 Å². The molecule has 4 rings (SSSR count). The first-order valence-electron chi connectivity index (χ1n) is 8.85. The number of Topliss-reactive ketones (excluding diaryl/α,β-unsaturated/α-hetero) is 1. The van der Waals surface area contributed by atoms with Crippen LogP contribution in [0.15, 0.2) is 42.5 Å². The summed E-state index contributed by atoms with van der Waals surface area (Å²) in [7, 11) is 0. The van der Waals surface area contributed by atoms with E-state index in [-0.39, 0.29) is 23.5 Å². The van der Waals surface area contributed by atoms with Gasteiger partial charge in [0.05, 0.1) is 5.41 Å². The Labute approximate surface area is 162 Å². The molecule has 0 aromatic heterocycles. The first-order valence-corrected chi connectivity index (χ1v) is 9.61. The van der Waals surface area contributed by atoms with Crippen LogP contribution >= 0.6 is 23.2 Å². The van der Waals surface area contributed by atoms with Crippen molar-refractivity contribution in [2.75, 3.05) is 5.32 Å². The minimum Gasteiger partial charge on any atom is -0.325 e. The van der Waals surface area contributed by atoms with E-state index in [1.807, 2.05) is 43.3 Å². The lowest BCUT2D eigenvalue weighted by atomic mass is 9.54. The fourth-order valence-electron chi connectivity index (χ4n) is 4.84. The molecule has 0 radical (unpaired) electrons. The van der Waals surface area contributed by atoms with Gasteiger partial charge >= 0.3 is 0 Å². The Kier molecular flexibility index (Phi) is 4.32. The Morgan fingerprint density at radius 2 is 1.85 bits per heavy atom. The number of anilines is 1. The van der Waals surface area contributed by atoms with Crippen LogP contribution in [-0.4, -0.2) is 11.7 Å². The number of ketones is 1. The molecule has 0 bridgehead atoms. The lowest BCUT2D eigenvalue weighted by Crippen LogP contribution is -2.51. The second-order valence-electron chi connectivity index (χ2n) is 7.17. The summed E-state index contributed by atoms with van der Waals surface area (Å²) >= 11 is 12.4. The van der Waals surface area contributed by atoms with Crippen molar-refractivity contribution in [2.24, 2.45) is 5.92 Å². The van der Waals surface area contributed by atoms with Gasteiger partial charge in [-0.05, 0) is 41.3 Å². The monoisotopic (exact) mass is 387 g/mol. The molecule has 1 aliphatic heterocycles. The van der Waals surface area contributed by atoms with E-state index in [2.05, 4.69) is 5.32 Å². The number of halogens is 2. The van der Waals surface area contributed by atoms with E-state index in [1.165, 1.54) is 0 Å². The predicted molar refractivity (Wildman–Crippen MR) is 104 cm³/mol. The molecule has 134 valence electrons. The van der Waals surface area contributed by atoms with E-state index in [0.717, 1.165) is 23.2 Å². The summed E-state index contributed by atoms with van der Waals surface area (Å²) in [4.78, 5) is 25.9. The van der Waals surface area contributed by atoms with Crippen LogP contribution in [-0.2, 0) is 15.0 Å². The van der Waals surface area contributed by atoms with Crippen LogP contribution in [0.3, 0.4) is 0 Å². The number of carbonyl (C=O) groups excluding carboxylic acids is 2. The zero-order valence-corrected chi connectivity index (χ0v) is 15.9. The van der Waals surface area contributed by atoms with Crippen LogP contribution in [0.1, 0.15) is 43.2 Å². The molecule has 1 heterocycles. The second-order valence-corrected chi connectivity index (χ2v) is 8.05. The van der Waals surface area contributed by atoms with Crippen LogP contribution in [0.25, 0.3) is 0 Å². The maximum atomic E-state index is 13.4. The highest BCUT2D eigenvalue weighted by atomic mass is 35.5. The van der Waals surface area contributed by atoms with Gasteiger partial charge in [0.25, 0.3) is 0 Å². The maximum absolute atomic E-state index is 13.4. The van der Waals surface area contributed by atoms with Crippen molar-refractivity contribution >= 4 is 40.6 Å². The summed E-state index contributed by atoms with van der Waals surface area (Å²) in [5.41, 5.74) is 1.85. The molecular formula is C21H19Cl2NO2. The minimum absolute atomic E-state index is 0.0425. The zero-order valence-electron chi connectivity index (χ0n) is 14.4. The largest absolute Gasteiger partial charge is 0.325 e. The Morgan fingerprint density at radius 3 is 2.58 bits per heavy atom. The summed E-state index contributed by atoms with van der Waals surface area (Å²) in [6.07, 6.45) is 1.51. The number of carbonyl (C=O) groups is 2. The molecule has 1 aliphatic carbocycles. The molecule has 3 nitrogen and oxygen atoms in total. The highest BCUT2D eigenvalue weighted by Gasteiger charge is 2.59. The zero-order chi connectivity index (χ0) is 18.5. The smallest absolute Gasteiger partial charge is 0.236 e. The number of benzene rings is 2. The predicted octanol–water partition coefficient (Wildman–Crippen LogP) is 5.36. The van der Waals surface area contributed by atoms with Gasteiger partial charge in [0.1, 0.15) is 5.78 Å². The summed E-state index contributed by atoms with van der Waals surface area (Å²) < 4.78 is 0. The van der Waals surface area contributed by atoms with Gasteiger partial charge in [0, 0.05) is 34.5 Å². The fourth-order valence-corrected chi connectivity index (χ4v) is 5.21. The van der Waals surface area contributed by atoms with Gasteiger partial charge in [-0.25, -0.2) is 0 Å². The van der Waals surface area contributed by atoms with Crippen LogP contribution in [0.4, 0.5) is 5.69 Å². The molecule has 3 atom stereocenters. The Morgan fingerprint density at radius 1 is 1.08 bits per heavy atom. The van der Waals surface area contributed by atoms with Crippen molar-refractivity contribution in [1.82, 2.24) is 0 Å². The van der Waals surface area contributed by atoms with E-state index in [4.69, 9.17) is 23.2 Å². The molecule has 1 saturated carbocycles. The Bertz CT molecular complexity index is 911. The van der Waals surface area contributed by atoms with Crippen molar-refractivity contribution < 1.29 is 9.59 Å². The molecule has 1 N–H and O–H groups in total.